The number of benzene rings is 1. The van der Waals surface area contributed by atoms with E-state index in [0.29, 0.717) is 18.1 Å². The van der Waals surface area contributed by atoms with Crippen LogP contribution in [0.1, 0.15) is 11.6 Å². The van der Waals surface area contributed by atoms with Crippen LogP contribution in [0.2, 0.25) is 0 Å². The molecule has 2 aromatic rings. The maximum atomic E-state index is 12.1. The van der Waals surface area contributed by atoms with Crippen LogP contribution in [0.5, 0.6) is 5.75 Å². The lowest BCUT2D eigenvalue weighted by atomic mass is 10.3. The van der Waals surface area contributed by atoms with Crippen LogP contribution in [0, 0.1) is 6.92 Å². The Labute approximate surface area is 113 Å². The predicted molar refractivity (Wildman–Crippen MR) is 66.2 cm³/mol. The summed E-state index contributed by atoms with van der Waals surface area (Å²) in [6, 6.07) is 5.64. The molecule has 8 heteroatoms. The standard InChI is InChI=1S/C12H13F3N4O/c1-8-17-18-11(19(8)2)7-16-9-4-3-5-10(6-9)20-12(13,14)15/h3-6,16H,7H2,1-2H3. The quantitative estimate of drug-likeness (QED) is 0.938. The van der Waals surface area contributed by atoms with Crippen molar-refractivity contribution in [3.63, 3.8) is 0 Å². The summed E-state index contributed by atoms with van der Waals surface area (Å²) in [6.07, 6.45) is -4.70. The number of aryl methyl sites for hydroxylation is 1. The zero-order valence-corrected chi connectivity index (χ0v) is 10.9. The molecule has 0 radical (unpaired) electrons. The van der Waals surface area contributed by atoms with Gasteiger partial charge in [0, 0.05) is 18.8 Å². The average Bonchev–Trinajstić information content (AvgIpc) is 2.66. The summed E-state index contributed by atoms with van der Waals surface area (Å²) < 4.78 is 42.0. The van der Waals surface area contributed by atoms with Gasteiger partial charge in [0.1, 0.15) is 11.6 Å². The van der Waals surface area contributed by atoms with Crippen molar-refractivity contribution in [2.45, 2.75) is 19.8 Å². The fourth-order valence-electron chi connectivity index (χ4n) is 1.59. The van der Waals surface area contributed by atoms with Crippen LogP contribution in [0.25, 0.3) is 0 Å². The lowest BCUT2D eigenvalue weighted by Gasteiger charge is -2.11. The van der Waals surface area contributed by atoms with Gasteiger partial charge in [-0.3, -0.25) is 0 Å². The summed E-state index contributed by atoms with van der Waals surface area (Å²) in [5.41, 5.74) is 0.507. The van der Waals surface area contributed by atoms with E-state index in [1.54, 1.807) is 10.6 Å². The zero-order valence-electron chi connectivity index (χ0n) is 10.9. The van der Waals surface area contributed by atoms with Crippen LogP contribution >= 0.6 is 0 Å². The molecular weight excluding hydrogens is 273 g/mol. The number of nitrogens with one attached hydrogen (secondary N) is 1. The molecule has 0 saturated heterocycles. The third-order valence-electron chi connectivity index (χ3n) is 2.70. The Balaban J connectivity index is 2.03. The molecule has 0 amide bonds. The molecule has 0 aliphatic carbocycles. The highest BCUT2D eigenvalue weighted by molar-refractivity contribution is 5.48. The minimum absolute atomic E-state index is 0.267. The first kappa shape index (κ1) is 14.2. The molecule has 0 aliphatic heterocycles. The van der Waals surface area contributed by atoms with E-state index in [4.69, 9.17) is 0 Å². The van der Waals surface area contributed by atoms with E-state index in [1.165, 1.54) is 18.2 Å². The molecule has 1 aromatic carbocycles. The molecule has 1 N–H and O–H groups in total. The van der Waals surface area contributed by atoms with E-state index < -0.39 is 6.36 Å². The fourth-order valence-corrected chi connectivity index (χ4v) is 1.59. The number of alkyl halides is 3. The molecule has 20 heavy (non-hydrogen) atoms. The third-order valence-corrected chi connectivity index (χ3v) is 2.70. The highest BCUT2D eigenvalue weighted by Gasteiger charge is 2.31. The molecule has 0 bridgehead atoms. The normalized spacial score (nSPS) is 11.4. The van der Waals surface area contributed by atoms with E-state index in [-0.39, 0.29) is 5.75 Å². The Hall–Kier alpha value is -2.25. The van der Waals surface area contributed by atoms with Gasteiger partial charge in [-0.25, -0.2) is 0 Å². The SMILES string of the molecule is Cc1nnc(CNc2cccc(OC(F)(F)F)c2)n1C. The van der Waals surface area contributed by atoms with Crippen molar-refractivity contribution in [2.75, 3.05) is 5.32 Å². The Morgan fingerprint density at radius 3 is 2.65 bits per heavy atom. The van der Waals surface area contributed by atoms with Gasteiger partial charge in [0.2, 0.25) is 0 Å². The summed E-state index contributed by atoms with van der Waals surface area (Å²) in [7, 11) is 1.82. The minimum Gasteiger partial charge on any atom is -0.406 e. The lowest BCUT2D eigenvalue weighted by molar-refractivity contribution is -0.274. The van der Waals surface area contributed by atoms with Gasteiger partial charge in [0.05, 0.1) is 6.54 Å². The number of rotatable bonds is 4. The molecule has 0 unspecified atom stereocenters. The predicted octanol–water partition coefficient (Wildman–Crippen LogP) is 2.63. The number of hydrogen-bond donors (Lipinski definition) is 1. The molecule has 0 fully saturated rings. The monoisotopic (exact) mass is 286 g/mol. The number of nitrogens with zero attached hydrogens (tertiary/aromatic N) is 3. The molecule has 1 aromatic heterocycles. The van der Waals surface area contributed by atoms with Crippen LogP contribution in [0.4, 0.5) is 18.9 Å². The second-order valence-electron chi connectivity index (χ2n) is 4.15. The Kier molecular flexibility index (Phi) is 3.82. The zero-order chi connectivity index (χ0) is 14.8. The van der Waals surface area contributed by atoms with E-state index >= 15 is 0 Å². The number of aromatic nitrogens is 3. The Morgan fingerprint density at radius 1 is 1.30 bits per heavy atom. The second kappa shape index (κ2) is 5.40. The van der Waals surface area contributed by atoms with Gasteiger partial charge in [-0.15, -0.1) is 23.4 Å². The molecular formula is C12H13F3N4O. The smallest absolute Gasteiger partial charge is 0.406 e. The van der Waals surface area contributed by atoms with E-state index in [2.05, 4.69) is 20.3 Å². The number of hydrogen-bond acceptors (Lipinski definition) is 4. The number of ether oxygens (including phenoxy) is 1. The molecule has 0 aliphatic rings. The topological polar surface area (TPSA) is 52.0 Å². The molecule has 2 rings (SSSR count). The molecule has 0 spiro atoms. The molecule has 0 atom stereocenters. The highest BCUT2D eigenvalue weighted by Crippen LogP contribution is 2.25. The van der Waals surface area contributed by atoms with E-state index in [0.717, 1.165) is 5.82 Å². The van der Waals surface area contributed by atoms with Crippen molar-refractivity contribution in [2.24, 2.45) is 7.05 Å². The molecule has 5 nitrogen and oxygen atoms in total. The van der Waals surface area contributed by atoms with Crippen molar-refractivity contribution in [3.05, 3.63) is 35.9 Å². The highest BCUT2D eigenvalue weighted by atomic mass is 19.4. The van der Waals surface area contributed by atoms with Gasteiger partial charge < -0.3 is 14.6 Å². The van der Waals surface area contributed by atoms with Gasteiger partial charge in [0.25, 0.3) is 0 Å². The maximum absolute atomic E-state index is 12.1. The van der Waals surface area contributed by atoms with Gasteiger partial charge in [-0.05, 0) is 19.1 Å². The number of anilines is 1. The van der Waals surface area contributed by atoms with Crippen molar-refractivity contribution < 1.29 is 17.9 Å². The van der Waals surface area contributed by atoms with Crippen LogP contribution in [0.15, 0.2) is 24.3 Å². The lowest BCUT2D eigenvalue weighted by Crippen LogP contribution is -2.17. The van der Waals surface area contributed by atoms with Crippen LogP contribution < -0.4 is 10.1 Å². The first-order chi connectivity index (χ1) is 9.35. The maximum Gasteiger partial charge on any atom is 0.573 e. The van der Waals surface area contributed by atoms with Crippen LogP contribution in [-0.4, -0.2) is 21.1 Å². The van der Waals surface area contributed by atoms with Crippen LogP contribution in [-0.2, 0) is 13.6 Å². The van der Waals surface area contributed by atoms with E-state index in [9.17, 15) is 13.2 Å². The fraction of sp³-hybridized carbons (Fsp3) is 0.333. The van der Waals surface area contributed by atoms with Crippen molar-refractivity contribution in [1.29, 1.82) is 0 Å². The molecule has 108 valence electrons. The van der Waals surface area contributed by atoms with E-state index in [1.807, 2.05) is 14.0 Å². The van der Waals surface area contributed by atoms with Crippen molar-refractivity contribution >= 4 is 5.69 Å². The second-order valence-corrected chi connectivity index (χ2v) is 4.15. The summed E-state index contributed by atoms with van der Waals surface area (Å²) in [6.45, 7) is 2.17. The molecule has 1 heterocycles. The van der Waals surface area contributed by atoms with Gasteiger partial charge in [-0.2, -0.15) is 0 Å². The summed E-state index contributed by atoms with van der Waals surface area (Å²) >= 11 is 0. The number of halogens is 3. The average molecular weight is 286 g/mol. The van der Waals surface area contributed by atoms with Crippen molar-refractivity contribution in [1.82, 2.24) is 14.8 Å². The summed E-state index contributed by atoms with van der Waals surface area (Å²) in [5, 5.41) is 10.8. The first-order valence-electron chi connectivity index (χ1n) is 5.80. The summed E-state index contributed by atoms with van der Waals surface area (Å²) in [4.78, 5) is 0. The first-order valence-corrected chi connectivity index (χ1v) is 5.80. The Morgan fingerprint density at radius 2 is 2.05 bits per heavy atom. The summed E-state index contributed by atoms with van der Waals surface area (Å²) in [5.74, 6) is 1.18. The van der Waals surface area contributed by atoms with Crippen molar-refractivity contribution in [3.8, 4) is 5.75 Å². The van der Waals surface area contributed by atoms with Gasteiger partial charge >= 0.3 is 6.36 Å². The largest absolute Gasteiger partial charge is 0.573 e. The Bertz CT molecular complexity index is 595. The molecule has 0 saturated carbocycles. The van der Waals surface area contributed by atoms with Crippen LogP contribution in [0.3, 0.4) is 0 Å². The third kappa shape index (κ3) is 3.62. The minimum atomic E-state index is -4.70. The van der Waals surface area contributed by atoms with Gasteiger partial charge in [-0.1, -0.05) is 6.07 Å². The van der Waals surface area contributed by atoms with Gasteiger partial charge in [0.15, 0.2) is 5.82 Å².